The number of esters is 1. The van der Waals surface area contributed by atoms with Gasteiger partial charge in [-0.2, -0.15) is 11.8 Å². The third kappa shape index (κ3) is 13.3. The summed E-state index contributed by atoms with van der Waals surface area (Å²) < 4.78 is 11.0. The zero-order valence-electron chi connectivity index (χ0n) is 28.2. The molecule has 1 unspecified atom stereocenters. The van der Waals surface area contributed by atoms with E-state index in [9.17, 15) is 24.3 Å². The highest BCUT2D eigenvalue weighted by atomic mass is 32.2. The van der Waals surface area contributed by atoms with Gasteiger partial charge in [0.05, 0.1) is 0 Å². The van der Waals surface area contributed by atoms with Crippen LogP contribution in [0, 0.1) is 5.92 Å². The Labute approximate surface area is 287 Å². The third-order valence-electron chi connectivity index (χ3n) is 7.40. The molecular formula is C37H47N3O7S. The monoisotopic (exact) mass is 677 g/mol. The number of carbonyl (C=O) groups excluding carboxylic acids is 4. The summed E-state index contributed by atoms with van der Waals surface area (Å²) in [5, 5.41) is 18.1. The molecule has 0 spiro atoms. The number of thioether (sulfide) groups is 1. The van der Waals surface area contributed by atoms with Crippen LogP contribution >= 0.6 is 11.8 Å². The topological polar surface area (TPSA) is 143 Å². The molecule has 10 nitrogen and oxygen atoms in total. The molecule has 3 aromatic carbocycles. The van der Waals surface area contributed by atoms with Gasteiger partial charge in [0.2, 0.25) is 11.8 Å². The van der Waals surface area contributed by atoms with Gasteiger partial charge in [-0.25, -0.2) is 9.59 Å². The second-order valence-corrected chi connectivity index (χ2v) is 13.6. The fourth-order valence-electron chi connectivity index (χ4n) is 4.60. The van der Waals surface area contributed by atoms with Crippen molar-refractivity contribution in [2.24, 2.45) is 5.92 Å². The molecule has 0 bridgehead atoms. The van der Waals surface area contributed by atoms with Gasteiger partial charge >= 0.3 is 12.1 Å². The number of carbonyl (C=O) groups is 4. The Morgan fingerprint density at radius 2 is 1.35 bits per heavy atom. The Kier molecular flexibility index (Phi) is 14.8. The molecule has 0 heterocycles. The molecule has 48 heavy (non-hydrogen) atoms. The van der Waals surface area contributed by atoms with Gasteiger partial charge in [-0.05, 0) is 55.5 Å². The molecule has 4 atom stereocenters. The lowest BCUT2D eigenvalue weighted by atomic mass is 9.97. The Morgan fingerprint density at radius 3 is 1.94 bits per heavy atom. The average molecular weight is 678 g/mol. The second-order valence-electron chi connectivity index (χ2n) is 12.6. The van der Waals surface area contributed by atoms with Gasteiger partial charge in [0.25, 0.3) is 0 Å². The van der Waals surface area contributed by atoms with E-state index in [0.717, 1.165) is 11.1 Å². The van der Waals surface area contributed by atoms with E-state index < -0.39 is 47.6 Å². The minimum absolute atomic E-state index is 0.0196. The first-order chi connectivity index (χ1) is 22.8. The number of hydrogen-bond donors (Lipinski definition) is 4. The molecule has 258 valence electrons. The van der Waals surface area contributed by atoms with Crippen molar-refractivity contribution in [1.82, 2.24) is 16.0 Å². The van der Waals surface area contributed by atoms with E-state index in [1.165, 1.54) is 23.9 Å². The summed E-state index contributed by atoms with van der Waals surface area (Å²) in [6.45, 7) is 9.02. The van der Waals surface area contributed by atoms with E-state index in [-0.39, 0.29) is 30.4 Å². The van der Waals surface area contributed by atoms with E-state index in [2.05, 4.69) is 16.0 Å². The van der Waals surface area contributed by atoms with Crippen molar-refractivity contribution in [3.8, 4) is 5.75 Å². The summed E-state index contributed by atoms with van der Waals surface area (Å²) in [5.41, 5.74) is 1.74. The van der Waals surface area contributed by atoms with E-state index >= 15 is 0 Å². The maximum atomic E-state index is 13.9. The maximum Gasteiger partial charge on any atom is 0.408 e. The number of phenolic OH excluding ortho intramolecular Hbond substituents is 1. The van der Waals surface area contributed by atoms with Crippen molar-refractivity contribution in [3.63, 3.8) is 0 Å². The molecule has 0 saturated heterocycles. The van der Waals surface area contributed by atoms with Crippen LogP contribution in [-0.2, 0) is 42.6 Å². The van der Waals surface area contributed by atoms with Crippen LogP contribution in [0.2, 0.25) is 0 Å². The van der Waals surface area contributed by atoms with Gasteiger partial charge in [0.1, 0.15) is 36.1 Å². The highest BCUT2D eigenvalue weighted by Crippen LogP contribution is 2.17. The fourth-order valence-corrected chi connectivity index (χ4v) is 5.61. The van der Waals surface area contributed by atoms with Gasteiger partial charge in [-0.3, -0.25) is 9.59 Å². The fraction of sp³-hybridized carbons (Fsp3) is 0.405. The largest absolute Gasteiger partial charge is 0.508 e. The molecule has 0 fully saturated rings. The highest BCUT2D eigenvalue weighted by molar-refractivity contribution is 7.98. The predicted molar refractivity (Wildman–Crippen MR) is 187 cm³/mol. The van der Waals surface area contributed by atoms with Crippen LogP contribution in [-0.4, -0.2) is 58.5 Å². The molecule has 0 aromatic heterocycles. The maximum absolute atomic E-state index is 13.9. The lowest BCUT2D eigenvalue weighted by Crippen LogP contribution is -2.58. The number of ether oxygens (including phenoxy) is 2. The minimum Gasteiger partial charge on any atom is -0.508 e. The molecule has 0 saturated carbocycles. The number of hydrogen-bond acceptors (Lipinski definition) is 8. The van der Waals surface area contributed by atoms with Crippen LogP contribution in [0.15, 0.2) is 84.9 Å². The molecule has 0 aliphatic heterocycles. The highest BCUT2D eigenvalue weighted by Gasteiger charge is 2.34. The summed E-state index contributed by atoms with van der Waals surface area (Å²) in [6.07, 6.45) is -0.128. The summed E-state index contributed by atoms with van der Waals surface area (Å²) in [6, 6.07) is 22.0. The van der Waals surface area contributed by atoms with E-state index in [0.29, 0.717) is 17.7 Å². The molecule has 0 aliphatic rings. The molecule has 3 rings (SSSR count). The first kappa shape index (κ1) is 37.9. The van der Waals surface area contributed by atoms with Crippen LogP contribution in [0.4, 0.5) is 4.79 Å². The van der Waals surface area contributed by atoms with E-state index in [4.69, 9.17) is 9.47 Å². The molecular weight excluding hydrogens is 630 g/mol. The van der Waals surface area contributed by atoms with E-state index in [1.807, 2.05) is 74.5 Å². The quantitative estimate of drug-likeness (QED) is 0.145. The van der Waals surface area contributed by atoms with Crippen molar-refractivity contribution in [2.45, 2.75) is 83.5 Å². The normalized spacial score (nSPS) is 13.7. The smallest absolute Gasteiger partial charge is 0.408 e. The molecule has 3 amide bonds. The summed E-state index contributed by atoms with van der Waals surface area (Å²) in [5.74, 6) is -1.16. The minimum atomic E-state index is -1.13. The standard InChI is InChI=1S/C37H47N3O7S/c1-6-25(2)32(35(44)47-37(3,4)5)40-33(42)30(21-26-17-19-29(41)20-18-26)38-34(43)31(24-48-23-28-15-11-8-12-16-28)39-36(45)46-22-27-13-9-7-10-14-27/h7-20,25,30-32,41H,6,21-24H2,1-5H3,(H,38,43)(H,39,45)(H,40,42)/t25?,30-,31-,32-/m0/s1. The Hall–Kier alpha value is -4.51. The number of alkyl carbamates (subject to hydrolysis) is 1. The first-order valence-electron chi connectivity index (χ1n) is 16.0. The Balaban J connectivity index is 1.82. The second kappa shape index (κ2) is 18.7. The summed E-state index contributed by atoms with van der Waals surface area (Å²) >= 11 is 1.45. The Morgan fingerprint density at radius 1 is 0.771 bits per heavy atom. The SMILES string of the molecule is CCC(C)[C@H](NC(=O)[C@H](Cc1ccc(O)cc1)NC(=O)[C@H](CSCc1ccccc1)NC(=O)OCc1ccccc1)C(=O)OC(C)(C)C. The number of aromatic hydroxyl groups is 1. The summed E-state index contributed by atoms with van der Waals surface area (Å²) in [4.78, 5) is 53.7. The molecule has 4 N–H and O–H groups in total. The van der Waals surface area contributed by atoms with Gasteiger partial charge in [-0.1, -0.05) is 93.1 Å². The Bertz CT molecular complexity index is 1460. The number of nitrogens with one attached hydrogen (secondary N) is 3. The number of amides is 3. The van der Waals surface area contributed by atoms with Crippen molar-refractivity contribution in [2.75, 3.05) is 5.75 Å². The summed E-state index contributed by atoms with van der Waals surface area (Å²) in [7, 11) is 0. The van der Waals surface area contributed by atoms with E-state index in [1.54, 1.807) is 32.9 Å². The van der Waals surface area contributed by atoms with Gasteiger partial charge < -0.3 is 30.5 Å². The van der Waals surface area contributed by atoms with Gasteiger partial charge in [0, 0.05) is 17.9 Å². The van der Waals surface area contributed by atoms with Crippen LogP contribution in [0.5, 0.6) is 5.75 Å². The molecule has 0 aliphatic carbocycles. The molecule has 11 heteroatoms. The van der Waals surface area contributed by atoms with Crippen LogP contribution < -0.4 is 16.0 Å². The van der Waals surface area contributed by atoms with Gasteiger partial charge in [-0.15, -0.1) is 0 Å². The van der Waals surface area contributed by atoms with Crippen LogP contribution in [0.1, 0.15) is 57.7 Å². The van der Waals surface area contributed by atoms with Crippen molar-refractivity contribution >= 4 is 35.6 Å². The predicted octanol–water partition coefficient (Wildman–Crippen LogP) is 5.52. The van der Waals surface area contributed by atoms with Crippen LogP contribution in [0.25, 0.3) is 0 Å². The van der Waals surface area contributed by atoms with Crippen molar-refractivity contribution in [3.05, 3.63) is 102 Å². The van der Waals surface area contributed by atoms with Crippen molar-refractivity contribution in [1.29, 1.82) is 0 Å². The number of benzene rings is 3. The molecule has 3 aromatic rings. The third-order valence-corrected chi connectivity index (χ3v) is 8.50. The zero-order valence-corrected chi connectivity index (χ0v) is 29.0. The lowest BCUT2D eigenvalue weighted by molar-refractivity contribution is -0.160. The number of phenols is 1. The number of rotatable bonds is 16. The van der Waals surface area contributed by atoms with Crippen molar-refractivity contribution < 1.29 is 33.8 Å². The molecule has 0 radical (unpaired) electrons. The average Bonchev–Trinajstić information content (AvgIpc) is 3.06. The van der Waals surface area contributed by atoms with Gasteiger partial charge in [0.15, 0.2) is 0 Å². The zero-order chi connectivity index (χ0) is 35.1. The van der Waals surface area contributed by atoms with Crippen LogP contribution in [0.3, 0.4) is 0 Å². The first-order valence-corrected chi connectivity index (χ1v) is 17.2. The lowest BCUT2D eigenvalue weighted by Gasteiger charge is -2.29.